The molecule has 1 heterocycles. The van der Waals surface area contributed by atoms with Crippen LogP contribution in [-0.4, -0.2) is 51.7 Å². The molecule has 0 spiro atoms. The third kappa shape index (κ3) is 4.97. The number of thiazole rings is 1. The molecule has 0 aliphatic rings. The molecule has 1 amide bonds. The van der Waals surface area contributed by atoms with E-state index in [1.165, 1.54) is 23.1 Å². The maximum Gasteiger partial charge on any atom is 0.317 e. The lowest BCUT2D eigenvalue weighted by atomic mass is 10.2. The van der Waals surface area contributed by atoms with Gasteiger partial charge < -0.3 is 5.11 Å². The average molecular weight is 353 g/mol. The molecule has 0 aliphatic heterocycles. The quantitative estimate of drug-likeness (QED) is 0.341. The number of carbonyl (C=O) groups is 2. The third-order valence-electron chi connectivity index (χ3n) is 2.58. The predicted octanol–water partition coefficient (Wildman–Crippen LogP) is 1.78. The highest BCUT2D eigenvalue weighted by Gasteiger charge is 2.27. The topological polar surface area (TPSA) is 88.5 Å². The van der Waals surface area contributed by atoms with E-state index in [-0.39, 0.29) is 29.7 Å². The first kappa shape index (κ1) is 18.9. The molecule has 0 bridgehead atoms. The monoisotopic (exact) mass is 353 g/mol. The maximum atomic E-state index is 11.7. The van der Waals surface area contributed by atoms with Crippen LogP contribution in [-0.2, 0) is 14.4 Å². The number of amides is 1. The highest BCUT2D eigenvalue weighted by Crippen LogP contribution is 2.30. The van der Waals surface area contributed by atoms with Crippen molar-refractivity contribution >= 4 is 62.6 Å². The van der Waals surface area contributed by atoms with Gasteiger partial charge in [-0.1, -0.05) is 23.9 Å². The number of thioether (sulfide) groups is 1. The summed E-state index contributed by atoms with van der Waals surface area (Å²) in [5.41, 5.74) is 3.00. The molecule has 0 saturated heterocycles. The molecule has 1 atom stereocenters. The van der Waals surface area contributed by atoms with Crippen LogP contribution < -0.4 is 5.48 Å². The number of carbonyl (C=O) groups excluding carboxylic acids is 1. The van der Waals surface area contributed by atoms with Crippen molar-refractivity contribution in [2.75, 3.05) is 12.4 Å². The number of nitrogens with one attached hydrogen (secondary N) is 1. The number of para-hydroxylation sites is 1. The van der Waals surface area contributed by atoms with Gasteiger partial charge in [0.1, 0.15) is 5.92 Å². The molecule has 6 nitrogen and oxygen atoms in total. The van der Waals surface area contributed by atoms with E-state index in [0.717, 1.165) is 14.6 Å². The third-order valence-corrected chi connectivity index (χ3v) is 4.85. The normalized spacial score (nSPS) is 11.7. The fourth-order valence-electron chi connectivity index (χ4n) is 1.54. The number of nitrogens with zero attached hydrogens (tertiary/aromatic N) is 1. The molecular formula is C13H14AlN2O4S2. The minimum absolute atomic E-state index is 0. The van der Waals surface area contributed by atoms with Gasteiger partial charge in [0.15, 0.2) is 4.34 Å². The van der Waals surface area contributed by atoms with Crippen LogP contribution >= 0.6 is 23.1 Å². The van der Waals surface area contributed by atoms with Crippen LogP contribution in [0.15, 0.2) is 28.6 Å². The minimum Gasteiger partial charge on any atom is -0.481 e. The Morgan fingerprint density at radius 2 is 2.18 bits per heavy atom. The number of aromatic nitrogens is 1. The van der Waals surface area contributed by atoms with Crippen LogP contribution in [0.1, 0.15) is 6.92 Å². The average Bonchev–Trinajstić information content (AvgIpc) is 2.87. The van der Waals surface area contributed by atoms with Gasteiger partial charge in [-0.05, 0) is 19.1 Å². The Morgan fingerprint density at radius 1 is 1.45 bits per heavy atom. The second kappa shape index (κ2) is 9.13. The highest BCUT2D eigenvalue weighted by molar-refractivity contribution is 8.01. The largest absolute Gasteiger partial charge is 0.481 e. The Hall–Kier alpha value is -1.11. The molecule has 1 unspecified atom stereocenters. The number of hydrogen-bond acceptors (Lipinski definition) is 6. The molecule has 0 fully saturated rings. The van der Waals surface area contributed by atoms with Crippen molar-refractivity contribution in [3.05, 3.63) is 24.3 Å². The number of aliphatic carboxylic acids is 1. The lowest BCUT2D eigenvalue weighted by Gasteiger charge is -2.10. The Balaban J connectivity index is 0.00000242. The Kier molecular flexibility index (Phi) is 7.86. The molecular weight excluding hydrogens is 339 g/mol. The molecule has 0 aliphatic carbocycles. The number of rotatable bonds is 7. The van der Waals surface area contributed by atoms with Crippen molar-refractivity contribution in [1.29, 1.82) is 0 Å². The fraction of sp³-hybridized carbons (Fsp3) is 0.308. The minimum atomic E-state index is -1.18. The number of carboxylic acids is 1. The number of benzene rings is 1. The van der Waals surface area contributed by atoms with Gasteiger partial charge in [-0.25, -0.2) is 10.5 Å². The first-order valence-electron chi connectivity index (χ1n) is 6.24. The summed E-state index contributed by atoms with van der Waals surface area (Å²) >= 11 is 2.73. The second-order valence-electron chi connectivity index (χ2n) is 4.05. The first-order valence-corrected chi connectivity index (χ1v) is 8.05. The van der Waals surface area contributed by atoms with Gasteiger partial charge in [0.2, 0.25) is 0 Å². The van der Waals surface area contributed by atoms with Gasteiger partial charge in [0, 0.05) is 23.1 Å². The van der Waals surface area contributed by atoms with E-state index >= 15 is 0 Å². The lowest BCUT2D eigenvalue weighted by molar-refractivity contribution is -0.150. The summed E-state index contributed by atoms with van der Waals surface area (Å²) in [4.78, 5) is 32.0. The van der Waals surface area contributed by atoms with Crippen LogP contribution in [0.25, 0.3) is 10.2 Å². The van der Waals surface area contributed by atoms with Crippen LogP contribution in [0.2, 0.25) is 0 Å². The summed E-state index contributed by atoms with van der Waals surface area (Å²) in [5.74, 6) is -2.90. The molecule has 9 heteroatoms. The number of hydroxylamine groups is 1. The zero-order valence-electron chi connectivity index (χ0n) is 11.8. The van der Waals surface area contributed by atoms with E-state index in [1.807, 2.05) is 24.3 Å². The van der Waals surface area contributed by atoms with E-state index < -0.39 is 17.8 Å². The molecule has 0 saturated carbocycles. The van der Waals surface area contributed by atoms with Crippen molar-refractivity contribution < 1.29 is 19.5 Å². The van der Waals surface area contributed by atoms with Crippen LogP contribution in [0.5, 0.6) is 0 Å². The fourth-order valence-corrected chi connectivity index (χ4v) is 3.71. The van der Waals surface area contributed by atoms with E-state index in [9.17, 15) is 9.59 Å². The van der Waals surface area contributed by atoms with Gasteiger partial charge in [-0.3, -0.25) is 14.4 Å². The van der Waals surface area contributed by atoms with E-state index in [4.69, 9.17) is 9.94 Å². The Labute approximate surface area is 146 Å². The van der Waals surface area contributed by atoms with Crippen molar-refractivity contribution in [3.63, 3.8) is 0 Å². The van der Waals surface area contributed by atoms with Crippen LogP contribution in [0, 0.1) is 5.92 Å². The second-order valence-corrected chi connectivity index (χ2v) is 6.35. The van der Waals surface area contributed by atoms with Gasteiger partial charge >= 0.3 is 5.97 Å². The van der Waals surface area contributed by atoms with Crippen molar-refractivity contribution in [1.82, 2.24) is 10.5 Å². The SMILES string of the molecule is CCONC(=O)C(CSc1nc2ccccc2s1)C(=O)O.[Al]. The summed E-state index contributed by atoms with van der Waals surface area (Å²) in [6.07, 6.45) is 0. The molecule has 2 rings (SSSR count). The molecule has 3 radical (unpaired) electrons. The van der Waals surface area contributed by atoms with Crippen molar-refractivity contribution in [3.8, 4) is 0 Å². The highest BCUT2D eigenvalue weighted by atomic mass is 32.2. The predicted molar refractivity (Wildman–Crippen MR) is 87.0 cm³/mol. The van der Waals surface area contributed by atoms with E-state index in [2.05, 4.69) is 10.5 Å². The Morgan fingerprint density at radius 3 is 2.82 bits per heavy atom. The number of carboxylic acid groups (broad SMARTS) is 1. The van der Waals surface area contributed by atoms with Gasteiger partial charge in [0.05, 0.1) is 16.8 Å². The zero-order chi connectivity index (χ0) is 15.2. The summed E-state index contributed by atoms with van der Waals surface area (Å²) in [5, 5.41) is 9.11. The summed E-state index contributed by atoms with van der Waals surface area (Å²) < 4.78 is 1.78. The maximum absolute atomic E-state index is 11.7. The standard InChI is InChI=1S/C13H14N2O4S2.Al/c1-2-19-15-11(16)8(12(17)18)7-20-13-14-9-5-3-4-6-10(9)21-13;/h3-6,8H,2,7H2,1H3,(H,15,16)(H,17,18);. The zero-order valence-corrected chi connectivity index (χ0v) is 14.6. The molecule has 1 aromatic heterocycles. The molecule has 2 N–H and O–H groups in total. The van der Waals surface area contributed by atoms with E-state index in [1.54, 1.807) is 6.92 Å². The lowest BCUT2D eigenvalue weighted by Crippen LogP contribution is -2.36. The van der Waals surface area contributed by atoms with Gasteiger partial charge in [-0.15, -0.1) is 11.3 Å². The molecule has 115 valence electrons. The molecule has 1 aromatic carbocycles. The van der Waals surface area contributed by atoms with Gasteiger partial charge in [-0.2, -0.15) is 0 Å². The first-order chi connectivity index (χ1) is 10.1. The molecule has 2 aromatic rings. The number of fused-ring (bicyclic) bond motifs is 1. The van der Waals surface area contributed by atoms with Crippen molar-refractivity contribution in [2.24, 2.45) is 5.92 Å². The van der Waals surface area contributed by atoms with E-state index in [0.29, 0.717) is 0 Å². The molecule has 22 heavy (non-hydrogen) atoms. The smallest absolute Gasteiger partial charge is 0.317 e. The van der Waals surface area contributed by atoms with Crippen molar-refractivity contribution in [2.45, 2.75) is 11.3 Å². The number of hydrogen-bond donors (Lipinski definition) is 2. The Bertz CT molecular complexity index is 617. The summed E-state index contributed by atoms with van der Waals surface area (Å²) in [6.45, 7) is 1.98. The van der Waals surface area contributed by atoms with Crippen LogP contribution in [0.4, 0.5) is 0 Å². The van der Waals surface area contributed by atoms with Crippen LogP contribution in [0.3, 0.4) is 0 Å². The van der Waals surface area contributed by atoms with Gasteiger partial charge in [0.25, 0.3) is 5.91 Å². The summed E-state index contributed by atoms with van der Waals surface area (Å²) in [7, 11) is 0. The summed E-state index contributed by atoms with van der Waals surface area (Å²) in [6, 6.07) is 7.66.